The molecule has 0 radical (unpaired) electrons. The van der Waals surface area contributed by atoms with Gasteiger partial charge in [-0.2, -0.15) is 0 Å². The van der Waals surface area contributed by atoms with E-state index in [1.54, 1.807) is 0 Å². The quantitative estimate of drug-likeness (QED) is 0.924. The van der Waals surface area contributed by atoms with Crippen LogP contribution in [0.4, 0.5) is 0 Å². The molecule has 0 aromatic carbocycles. The molecule has 0 saturated carbocycles. The first-order chi connectivity index (χ1) is 8.56. The van der Waals surface area contributed by atoms with Crippen LogP contribution < -0.4 is 0 Å². The SMILES string of the molecule is CCC1SCC(C(=O)O)N1C(=O)c1ccoc1Cl. The molecule has 1 amide bonds. The predicted octanol–water partition coefficient (Wildman–Crippen LogP) is 2.31. The maximum absolute atomic E-state index is 12.3. The second-order valence-corrected chi connectivity index (χ2v) is 5.42. The van der Waals surface area contributed by atoms with Gasteiger partial charge in [-0.15, -0.1) is 11.8 Å². The Morgan fingerprint density at radius 3 is 2.89 bits per heavy atom. The van der Waals surface area contributed by atoms with Crippen LogP contribution in [0.25, 0.3) is 0 Å². The fourth-order valence-electron chi connectivity index (χ4n) is 1.93. The highest BCUT2D eigenvalue weighted by Gasteiger charge is 2.41. The number of aliphatic carboxylic acids is 1. The van der Waals surface area contributed by atoms with Crippen molar-refractivity contribution in [2.45, 2.75) is 24.8 Å². The zero-order chi connectivity index (χ0) is 13.3. The summed E-state index contributed by atoms with van der Waals surface area (Å²) >= 11 is 7.23. The van der Waals surface area contributed by atoms with Gasteiger partial charge in [-0.05, 0) is 24.1 Å². The second-order valence-electron chi connectivity index (χ2n) is 3.87. The topological polar surface area (TPSA) is 70.8 Å². The van der Waals surface area contributed by atoms with E-state index >= 15 is 0 Å². The second kappa shape index (κ2) is 5.24. The molecular formula is C11H12ClNO4S. The highest BCUT2D eigenvalue weighted by Crippen LogP contribution is 2.33. The third-order valence-electron chi connectivity index (χ3n) is 2.81. The summed E-state index contributed by atoms with van der Waals surface area (Å²) in [5.74, 6) is -0.987. The molecule has 1 fully saturated rings. The number of furan rings is 1. The summed E-state index contributed by atoms with van der Waals surface area (Å²) < 4.78 is 4.87. The Hall–Kier alpha value is -1.14. The van der Waals surface area contributed by atoms with Crippen LogP contribution in [0, 0.1) is 0 Å². The first-order valence-electron chi connectivity index (χ1n) is 5.46. The number of halogens is 1. The van der Waals surface area contributed by atoms with Gasteiger partial charge in [-0.1, -0.05) is 6.92 Å². The van der Waals surface area contributed by atoms with Gasteiger partial charge in [0.1, 0.15) is 6.04 Å². The zero-order valence-electron chi connectivity index (χ0n) is 9.63. The summed E-state index contributed by atoms with van der Waals surface area (Å²) in [7, 11) is 0. The van der Waals surface area contributed by atoms with Crippen molar-refractivity contribution >= 4 is 35.2 Å². The molecule has 2 unspecified atom stereocenters. The zero-order valence-corrected chi connectivity index (χ0v) is 11.2. The normalized spacial score (nSPS) is 23.3. The van der Waals surface area contributed by atoms with Crippen LogP contribution in [0.15, 0.2) is 16.7 Å². The van der Waals surface area contributed by atoms with E-state index in [0.29, 0.717) is 12.2 Å². The smallest absolute Gasteiger partial charge is 0.327 e. The maximum Gasteiger partial charge on any atom is 0.327 e. The van der Waals surface area contributed by atoms with Crippen molar-refractivity contribution in [3.63, 3.8) is 0 Å². The number of thioether (sulfide) groups is 1. The highest BCUT2D eigenvalue weighted by molar-refractivity contribution is 8.00. The van der Waals surface area contributed by atoms with Crippen molar-refractivity contribution in [3.05, 3.63) is 23.1 Å². The summed E-state index contributed by atoms with van der Waals surface area (Å²) in [5, 5.41) is 9.01. The highest BCUT2D eigenvalue weighted by atomic mass is 35.5. The lowest BCUT2D eigenvalue weighted by Gasteiger charge is -2.26. The number of rotatable bonds is 3. The molecule has 2 rings (SSSR count). The van der Waals surface area contributed by atoms with Crippen LogP contribution >= 0.6 is 23.4 Å². The van der Waals surface area contributed by atoms with Gasteiger partial charge in [0.05, 0.1) is 17.2 Å². The molecule has 1 aliphatic rings. The Morgan fingerprint density at radius 1 is 1.67 bits per heavy atom. The summed E-state index contributed by atoms with van der Waals surface area (Å²) in [6.45, 7) is 1.92. The minimum atomic E-state index is -0.994. The average molecular weight is 290 g/mol. The largest absolute Gasteiger partial charge is 0.480 e. The predicted molar refractivity (Wildman–Crippen MR) is 67.8 cm³/mol. The average Bonchev–Trinajstić information content (AvgIpc) is 2.93. The first-order valence-corrected chi connectivity index (χ1v) is 6.89. The molecule has 1 aliphatic heterocycles. The number of carboxylic acids is 1. The molecule has 0 aliphatic carbocycles. The van der Waals surface area contributed by atoms with E-state index in [9.17, 15) is 9.59 Å². The van der Waals surface area contributed by atoms with Crippen LogP contribution in [-0.4, -0.2) is 39.1 Å². The molecule has 7 heteroatoms. The molecule has 2 atom stereocenters. The summed E-state index contributed by atoms with van der Waals surface area (Å²) in [5.41, 5.74) is 0.212. The Bertz CT molecular complexity index is 475. The molecule has 2 heterocycles. The number of carbonyl (C=O) groups is 2. The molecule has 98 valence electrons. The van der Waals surface area contributed by atoms with E-state index in [1.807, 2.05) is 6.92 Å². The van der Waals surface area contributed by atoms with Gasteiger partial charge >= 0.3 is 5.97 Å². The molecule has 18 heavy (non-hydrogen) atoms. The molecule has 5 nitrogen and oxygen atoms in total. The van der Waals surface area contributed by atoms with E-state index in [1.165, 1.54) is 29.0 Å². The van der Waals surface area contributed by atoms with E-state index in [4.69, 9.17) is 21.1 Å². The number of carbonyl (C=O) groups excluding carboxylic acids is 1. The standard InChI is InChI=1S/C11H12ClNO4S/c1-2-8-13(7(5-18-8)11(15)16)10(14)6-3-4-17-9(6)12/h3-4,7-8H,2,5H2,1H3,(H,15,16). The number of nitrogens with zero attached hydrogens (tertiary/aromatic N) is 1. The summed E-state index contributed by atoms with van der Waals surface area (Å²) in [4.78, 5) is 24.9. The lowest BCUT2D eigenvalue weighted by Crippen LogP contribution is -2.45. The number of amides is 1. The molecule has 1 aromatic heterocycles. The third kappa shape index (κ3) is 2.22. The van der Waals surface area contributed by atoms with Crippen LogP contribution in [0.3, 0.4) is 0 Å². The van der Waals surface area contributed by atoms with E-state index in [0.717, 1.165) is 0 Å². The van der Waals surface area contributed by atoms with E-state index < -0.39 is 17.9 Å². The van der Waals surface area contributed by atoms with Gasteiger partial charge in [0.2, 0.25) is 5.22 Å². The van der Waals surface area contributed by atoms with Gasteiger partial charge in [0, 0.05) is 5.75 Å². The van der Waals surface area contributed by atoms with Crippen molar-refractivity contribution in [2.24, 2.45) is 0 Å². The van der Waals surface area contributed by atoms with Crippen LogP contribution in [0.2, 0.25) is 5.22 Å². The van der Waals surface area contributed by atoms with Gasteiger partial charge in [0.15, 0.2) is 0 Å². The van der Waals surface area contributed by atoms with Crippen molar-refractivity contribution in [1.29, 1.82) is 0 Å². The van der Waals surface area contributed by atoms with Gasteiger partial charge < -0.3 is 14.4 Å². The van der Waals surface area contributed by atoms with Crippen LogP contribution in [-0.2, 0) is 4.79 Å². The Kier molecular flexibility index (Phi) is 3.87. The molecule has 0 spiro atoms. The molecular weight excluding hydrogens is 278 g/mol. The fraction of sp³-hybridized carbons (Fsp3) is 0.455. The van der Waals surface area contributed by atoms with Gasteiger partial charge in [-0.25, -0.2) is 4.79 Å². The number of carboxylic acid groups (broad SMARTS) is 1. The number of hydrogen-bond acceptors (Lipinski definition) is 4. The molecule has 1 aromatic rings. The van der Waals surface area contributed by atoms with Gasteiger partial charge in [0.25, 0.3) is 5.91 Å². The molecule has 1 N–H and O–H groups in total. The fourth-order valence-corrected chi connectivity index (χ4v) is 3.47. The van der Waals surface area contributed by atoms with Crippen molar-refractivity contribution < 1.29 is 19.1 Å². The van der Waals surface area contributed by atoms with Crippen LogP contribution in [0.5, 0.6) is 0 Å². The first kappa shape index (κ1) is 13.3. The maximum atomic E-state index is 12.3. The van der Waals surface area contributed by atoms with Crippen molar-refractivity contribution in [3.8, 4) is 0 Å². The lowest BCUT2D eigenvalue weighted by molar-refractivity contribution is -0.141. The van der Waals surface area contributed by atoms with Crippen LogP contribution in [0.1, 0.15) is 23.7 Å². The van der Waals surface area contributed by atoms with Crippen molar-refractivity contribution in [2.75, 3.05) is 5.75 Å². The Balaban J connectivity index is 2.30. The summed E-state index contributed by atoms with van der Waals surface area (Å²) in [6, 6.07) is 0.651. The third-order valence-corrected chi connectivity index (χ3v) is 4.56. The summed E-state index contributed by atoms with van der Waals surface area (Å²) in [6.07, 6.45) is 2.01. The van der Waals surface area contributed by atoms with E-state index in [2.05, 4.69) is 0 Å². The minimum absolute atomic E-state index is 0.00380. The molecule has 1 saturated heterocycles. The monoisotopic (exact) mass is 289 g/mol. The lowest BCUT2D eigenvalue weighted by atomic mass is 10.2. The minimum Gasteiger partial charge on any atom is -0.480 e. The van der Waals surface area contributed by atoms with Crippen molar-refractivity contribution in [1.82, 2.24) is 4.90 Å². The van der Waals surface area contributed by atoms with Gasteiger partial charge in [-0.3, -0.25) is 4.79 Å². The van der Waals surface area contributed by atoms with E-state index in [-0.39, 0.29) is 16.2 Å². The Labute approximate surface area is 113 Å². The molecule has 0 bridgehead atoms. The number of hydrogen-bond donors (Lipinski definition) is 1. The Morgan fingerprint density at radius 2 is 2.39 bits per heavy atom.